The predicted molar refractivity (Wildman–Crippen MR) is 174 cm³/mol. The van der Waals surface area contributed by atoms with E-state index in [9.17, 15) is 40.7 Å². The molecule has 17 heteroatoms. The first-order valence-electron chi connectivity index (χ1n) is 15.3. The average Bonchev–Trinajstić information content (AvgIpc) is 3.40. The van der Waals surface area contributed by atoms with Crippen molar-refractivity contribution in [1.82, 2.24) is 5.32 Å². The molecule has 1 fully saturated rings. The van der Waals surface area contributed by atoms with Crippen molar-refractivity contribution < 1.29 is 54.9 Å². The van der Waals surface area contributed by atoms with Crippen LogP contribution in [0.3, 0.4) is 0 Å². The normalized spacial score (nSPS) is 14.3. The minimum atomic E-state index is -4.73. The Labute approximate surface area is 287 Å². The van der Waals surface area contributed by atoms with Crippen LogP contribution in [0.2, 0.25) is 0 Å². The highest BCUT2D eigenvalue weighted by molar-refractivity contribution is 7.20. The number of methoxy groups -OCH3 is 1. The van der Waals surface area contributed by atoms with Crippen LogP contribution in [-0.4, -0.2) is 75.7 Å². The topological polar surface area (TPSA) is 141 Å². The van der Waals surface area contributed by atoms with Gasteiger partial charge in [0.15, 0.2) is 6.61 Å². The summed E-state index contributed by atoms with van der Waals surface area (Å²) in [6, 6.07) is 7.43. The molecule has 0 spiro atoms. The van der Waals surface area contributed by atoms with Crippen LogP contribution in [0.25, 0.3) is 10.1 Å². The fraction of sp³-hybridized carbons (Fsp3) is 0.424. The summed E-state index contributed by atoms with van der Waals surface area (Å²) in [5.74, 6) is 2.67. The lowest BCUT2D eigenvalue weighted by molar-refractivity contribution is -0.153. The van der Waals surface area contributed by atoms with E-state index in [-0.39, 0.29) is 52.9 Å². The predicted octanol–water partition coefficient (Wildman–Crippen LogP) is 5.54. The summed E-state index contributed by atoms with van der Waals surface area (Å²) in [6.45, 7) is -0.754. The van der Waals surface area contributed by atoms with Crippen LogP contribution >= 0.6 is 11.3 Å². The maximum absolute atomic E-state index is 13.6. The van der Waals surface area contributed by atoms with Gasteiger partial charge in [-0.3, -0.25) is 9.59 Å². The zero-order valence-electron chi connectivity index (χ0n) is 26.7. The molecule has 1 aliphatic rings. The Hall–Kier alpha value is -4.69. The third-order valence-corrected chi connectivity index (χ3v) is 8.65. The number of thiophene rings is 1. The van der Waals surface area contributed by atoms with Gasteiger partial charge in [0.05, 0.1) is 41.0 Å². The maximum Gasteiger partial charge on any atom is 0.422 e. The van der Waals surface area contributed by atoms with Crippen LogP contribution in [0.1, 0.15) is 46.5 Å². The molecular formula is C33H34F6N4O6S. The number of alkyl halides is 6. The summed E-state index contributed by atoms with van der Waals surface area (Å²) in [4.78, 5) is 36.3. The molecule has 2 amide bonds. The van der Waals surface area contributed by atoms with Crippen LogP contribution in [0.4, 0.5) is 37.7 Å². The molecule has 1 atom stereocenters. The number of anilines is 2. The van der Waals surface area contributed by atoms with E-state index >= 15 is 0 Å². The number of halogens is 6. The van der Waals surface area contributed by atoms with Gasteiger partial charge in [-0.2, -0.15) is 26.3 Å². The first-order valence-corrected chi connectivity index (χ1v) is 16.1. The zero-order valence-corrected chi connectivity index (χ0v) is 27.5. The highest BCUT2D eigenvalue weighted by Crippen LogP contribution is 2.39. The zero-order chi connectivity index (χ0) is 36.5. The van der Waals surface area contributed by atoms with Crippen molar-refractivity contribution in [2.75, 3.05) is 44.1 Å². The van der Waals surface area contributed by atoms with Crippen molar-refractivity contribution in [1.29, 1.82) is 0 Å². The van der Waals surface area contributed by atoms with Crippen molar-refractivity contribution in [3.63, 3.8) is 0 Å². The first-order chi connectivity index (χ1) is 23.6. The first kappa shape index (κ1) is 38.1. The van der Waals surface area contributed by atoms with Crippen molar-refractivity contribution in [3.05, 3.63) is 52.4 Å². The number of nitrogens with two attached hydrogens (primary N) is 1. The van der Waals surface area contributed by atoms with Gasteiger partial charge in [-0.25, -0.2) is 4.79 Å². The lowest BCUT2D eigenvalue weighted by atomic mass is 10.1. The van der Waals surface area contributed by atoms with Crippen molar-refractivity contribution in [3.8, 4) is 17.6 Å². The second-order valence-corrected chi connectivity index (χ2v) is 12.3. The molecule has 2 aromatic carbocycles. The second-order valence-electron chi connectivity index (χ2n) is 11.2. The summed E-state index contributed by atoms with van der Waals surface area (Å²) >= 11 is 1.11. The number of hydrogen-bond donors (Lipinski definition) is 4. The molecule has 10 nitrogen and oxygen atoms in total. The van der Waals surface area contributed by atoms with Gasteiger partial charge in [-0.15, -0.1) is 11.3 Å². The number of primary amides is 1. The fourth-order valence-electron chi connectivity index (χ4n) is 5.09. The van der Waals surface area contributed by atoms with E-state index in [1.54, 1.807) is 18.2 Å². The number of rotatable bonds is 13. The van der Waals surface area contributed by atoms with Gasteiger partial charge in [-0.05, 0) is 54.5 Å². The quantitative estimate of drug-likeness (QED) is 0.102. The number of hydrogen-bond acceptors (Lipinski definition) is 9. The molecule has 1 aliphatic heterocycles. The number of amides is 2. The van der Waals surface area contributed by atoms with E-state index in [1.807, 2.05) is 0 Å². The molecule has 4 rings (SSSR count). The SMILES string of the molecule is COC(=O)C(CCC(N)=O)NC(=O)c1ccc(NCC#Cc2sc3c(NC4CCOCC4)cccc3c2CC(F)(F)F)c(OCC(F)(F)F)c1. The molecule has 2 heterocycles. The Bertz CT molecular complexity index is 1740. The number of esters is 1. The minimum absolute atomic E-state index is 0.00755. The molecule has 270 valence electrons. The van der Waals surface area contributed by atoms with Gasteiger partial charge in [0, 0.05) is 31.2 Å². The van der Waals surface area contributed by atoms with Gasteiger partial charge in [-0.1, -0.05) is 24.0 Å². The number of benzene rings is 2. The summed E-state index contributed by atoms with van der Waals surface area (Å²) < 4.78 is 95.7. The summed E-state index contributed by atoms with van der Waals surface area (Å²) in [6.07, 6.45) is -9.37. The Morgan fingerprint density at radius 3 is 2.46 bits per heavy atom. The smallest absolute Gasteiger partial charge is 0.422 e. The van der Waals surface area contributed by atoms with Crippen LogP contribution in [-0.2, 0) is 25.5 Å². The van der Waals surface area contributed by atoms with E-state index in [4.69, 9.17) is 15.2 Å². The highest BCUT2D eigenvalue weighted by Gasteiger charge is 2.32. The summed E-state index contributed by atoms with van der Waals surface area (Å²) in [5.41, 5.74) is 5.66. The number of nitrogens with one attached hydrogen (secondary N) is 3. The number of carbonyl (C=O) groups excluding carboxylic acids is 3. The minimum Gasteiger partial charge on any atom is -0.482 e. The molecule has 3 aromatic rings. The average molecular weight is 729 g/mol. The Balaban J connectivity index is 1.57. The molecule has 1 unspecified atom stereocenters. The lowest BCUT2D eigenvalue weighted by Crippen LogP contribution is -2.42. The molecule has 0 saturated carbocycles. The van der Waals surface area contributed by atoms with Crippen LogP contribution in [0, 0.1) is 11.8 Å². The van der Waals surface area contributed by atoms with Crippen molar-refractivity contribution in [2.24, 2.45) is 5.73 Å². The Kier molecular flexibility index (Phi) is 12.8. The molecular weight excluding hydrogens is 694 g/mol. The third kappa shape index (κ3) is 11.2. The van der Waals surface area contributed by atoms with Crippen molar-refractivity contribution >= 4 is 50.6 Å². The van der Waals surface area contributed by atoms with Gasteiger partial charge in [0.25, 0.3) is 5.91 Å². The van der Waals surface area contributed by atoms with E-state index in [1.165, 1.54) is 12.1 Å². The Morgan fingerprint density at radius 1 is 1.06 bits per heavy atom. The van der Waals surface area contributed by atoms with Gasteiger partial charge in [0.1, 0.15) is 11.8 Å². The monoisotopic (exact) mass is 728 g/mol. The van der Waals surface area contributed by atoms with E-state index in [0.717, 1.165) is 37.4 Å². The van der Waals surface area contributed by atoms with Gasteiger partial charge >= 0.3 is 18.3 Å². The summed E-state index contributed by atoms with van der Waals surface area (Å²) in [7, 11) is 1.07. The number of fused-ring (bicyclic) bond motifs is 1. The molecule has 0 aliphatic carbocycles. The van der Waals surface area contributed by atoms with Gasteiger partial charge in [0.2, 0.25) is 5.91 Å². The largest absolute Gasteiger partial charge is 0.482 e. The molecule has 1 aromatic heterocycles. The van der Waals surface area contributed by atoms with Gasteiger partial charge < -0.3 is 35.9 Å². The number of carbonyl (C=O) groups is 3. The Morgan fingerprint density at radius 2 is 1.80 bits per heavy atom. The lowest BCUT2D eigenvalue weighted by Gasteiger charge is -2.24. The molecule has 0 bridgehead atoms. The molecule has 50 heavy (non-hydrogen) atoms. The van der Waals surface area contributed by atoms with Crippen LogP contribution in [0.15, 0.2) is 36.4 Å². The van der Waals surface area contributed by atoms with Crippen LogP contribution in [0.5, 0.6) is 5.75 Å². The molecule has 1 saturated heterocycles. The van der Waals surface area contributed by atoms with E-state index in [2.05, 4.69) is 32.5 Å². The van der Waals surface area contributed by atoms with E-state index in [0.29, 0.717) is 29.0 Å². The third-order valence-electron chi connectivity index (χ3n) is 7.45. The molecule has 5 N–H and O–H groups in total. The van der Waals surface area contributed by atoms with E-state index < -0.39 is 49.2 Å². The second kappa shape index (κ2) is 16.8. The molecule has 0 radical (unpaired) electrons. The summed E-state index contributed by atoms with van der Waals surface area (Å²) in [5, 5.41) is 8.98. The fourth-order valence-corrected chi connectivity index (χ4v) is 6.27. The standard InChI is InChI=1S/C33H34F6N4O6S/c1-47-31(46)25(9-10-28(40)44)43-30(45)19-7-8-23(26(16-19)49-18-33(37,38)39)41-13-3-6-27-22(17-32(34,35)36)21-4-2-5-24(29(21)50-27)42-20-11-14-48-15-12-20/h2,4-5,7-8,16,20,25,41-42H,9-15,17-18H2,1H3,(H2,40,44)(H,43,45). The van der Waals surface area contributed by atoms with Crippen LogP contribution < -0.4 is 26.4 Å². The van der Waals surface area contributed by atoms with Crippen molar-refractivity contribution in [2.45, 2.75) is 56.5 Å². The highest BCUT2D eigenvalue weighted by atomic mass is 32.1. The number of ether oxygens (including phenoxy) is 3. The maximum atomic E-state index is 13.6.